The number of benzene rings is 2. The number of fused-ring (bicyclic) bond motifs is 1. The summed E-state index contributed by atoms with van der Waals surface area (Å²) in [5, 5.41) is 32.7. The van der Waals surface area contributed by atoms with Gasteiger partial charge in [0.1, 0.15) is 16.3 Å². The van der Waals surface area contributed by atoms with Crippen LogP contribution in [0.5, 0.6) is 11.5 Å². The molecule has 0 aliphatic heterocycles. The number of aromatic nitrogens is 1. The van der Waals surface area contributed by atoms with E-state index in [1.807, 2.05) is 19.1 Å². The smallest absolute Gasteiger partial charge is 0.260 e. The van der Waals surface area contributed by atoms with E-state index in [4.69, 9.17) is 5.26 Å². The lowest BCUT2D eigenvalue weighted by Crippen LogP contribution is -2.08. The molecule has 6 heteroatoms. The van der Waals surface area contributed by atoms with Crippen LogP contribution in [0, 0.1) is 18.3 Å². The molecule has 0 aliphatic carbocycles. The molecule has 0 amide bonds. The Kier molecular flexibility index (Phi) is 3.94. The lowest BCUT2D eigenvalue weighted by atomic mass is 9.98. The second-order valence-electron chi connectivity index (χ2n) is 6.24. The van der Waals surface area contributed by atoms with E-state index in [0.717, 1.165) is 5.56 Å². The van der Waals surface area contributed by atoms with Crippen LogP contribution in [-0.4, -0.2) is 15.2 Å². The van der Waals surface area contributed by atoms with Crippen LogP contribution in [0.25, 0.3) is 32.5 Å². The third kappa shape index (κ3) is 2.75. The maximum absolute atomic E-state index is 12.6. The van der Waals surface area contributed by atoms with E-state index in [2.05, 4.69) is 4.98 Å². The first-order valence-corrected chi connectivity index (χ1v) is 9.04. The van der Waals surface area contributed by atoms with Crippen LogP contribution in [0.3, 0.4) is 0 Å². The molecule has 0 saturated heterocycles. The lowest BCUT2D eigenvalue weighted by molar-refractivity contribution is 0.476. The Balaban J connectivity index is 2.03. The number of nitrogens with zero attached hydrogens (tertiary/aromatic N) is 1. The normalized spacial score (nSPS) is 10.8. The van der Waals surface area contributed by atoms with Gasteiger partial charge in [0.15, 0.2) is 0 Å². The van der Waals surface area contributed by atoms with Crippen molar-refractivity contribution in [3.8, 4) is 39.8 Å². The van der Waals surface area contributed by atoms with Crippen LogP contribution in [0.4, 0.5) is 0 Å². The maximum Gasteiger partial charge on any atom is 0.260 e. The number of nitrogens with one attached hydrogen (secondary N) is 1. The standard InChI is InChI=1S/C21H14N2O3S/c1-11-5-6-14(16(24)7-11)15-10-27-21-18(15)19(25)17(20(26)23-21)13-4-2-3-12(8-13)9-22/h2-8,10,24H,1H3,(H2,23,25,26). The summed E-state index contributed by atoms with van der Waals surface area (Å²) < 4.78 is 0. The van der Waals surface area contributed by atoms with Crippen molar-refractivity contribution in [1.29, 1.82) is 5.26 Å². The van der Waals surface area contributed by atoms with Crippen molar-refractivity contribution in [2.24, 2.45) is 0 Å². The molecule has 2 aromatic heterocycles. The van der Waals surface area contributed by atoms with E-state index in [0.29, 0.717) is 32.5 Å². The Hall–Kier alpha value is -3.56. The van der Waals surface area contributed by atoms with Crippen molar-refractivity contribution < 1.29 is 10.2 Å². The molecule has 0 unspecified atom stereocenters. The highest BCUT2D eigenvalue weighted by atomic mass is 32.1. The summed E-state index contributed by atoms with van der Waals surface area (Å²) in [6, 6.07) is 13.9. The number of aromatic amines is 1. The lowest BCUT2D eigenvalue weighted by Gasteiger charge is -2.09. The van der Waals surface area contributed by atoms with Crippen molar-refractivity contribution in [1.82, 2.24) is 4.98 Å². The maximum atomic E-state index is 12.6. The van der Waals surface area contributed by atoms with Gasteiger partial charge in [0.05, 0.1) is 22.6 Å². The summed E-state index contributed by atoms with van der Waals surface area (Å²) in [6.45, 7) is 1.88. The van der Waals surface area contributed by atoms with E-state index < -0.39 is 5.56 Å². The number of pyridine rings is 1. The van der Waals surface area contributed by atoms with E-state index in [1.54, 1.807) is 41.8 Å². The zero-order valence-electron chi connectivity index (χ0n) is 14.3. The average molecular weight is 374 g/mol. The molecule has 0 aliphatic rings. The van der Waals surface area contributed by atoms with E-state index in [1.165, 1.54) is 11.3 Å². The van der Waals surface area contributed by atoms with E-state index >= 15 is 0 Å². The van der Waals surface area contributed by atoms with Crippen molar-refractivity contribution in [3.63, 3.8) is 0 Å². The molecular formula is C21H14N2O3S. The summed E-state index contributed by atoms with van der Waals surface area (Å²) in [4.78, 5) is 15.9. The number of hydrogen-bond acceptors (Lipinski definition) is 5. The van der Waals surface area contributed by atoms with Crippen LogP contribution in [0.15, 0.2) is 52.6 Å². The number of aromatic hydroxyl groups is 2. The number of H-pyrrole nitrogens is 1. The van der Waals surface area contributed by atoms with Crippen LogP contribution in [0.2, 0.25) is 0 Å². The van der Waals surface area contributed by atoms with Crippen molar-refractivity contribution >= 4 is 21.6 Å². The molecule has 0 fully saturated rings. The molecule has 0 bridgehead atoms. The Bertz CT molecular complexity index is 1300. The van der Waals surface area contributed by atoms with Crippen LogP contribution >= 0.6 is 11.3 Å². The molecule has 0 saturated carbocycles. The molecular weight excluding hydrogens is 360 g/mol. The van der Waals surface area contributed by atoms with E-state index in [9.17, 15) is 15.0 Å². The number of phenolic OH excluding ortho intramolecular Hbond substituents is 1. The average Bonchev–Trinajstić information content (AvgIpc) is 3.05. The number of aryl methyl sites for hydroxylation is 1. The fourth-order valence-electron chi connectivity index (χ4n) is 3.16. The molecule has 0 spiro atoms. The van der Waals surface area contributed by atoms with Crippen LogP contribution < -0.4 is 5.56 Å². The van der Waals surface area contributed by atoms with Gasteiger partial charge in [0.25, 0.3) is 5.56 Å². The second kappa shape index (κ2) is 6.31. The number of hydrogen-bond donors (Lipinski definition) is 3. The minimum absolute atomic E-state index is 0.103. The van der Waals surface area contributed by atoms with Gasteiger partial charge < -0.3 is 15.2 Å². The zero-order valence-corrected chi connectivity index (χ0v) is 15.1. The van der Waals surface area contributed by atoms with Crippen LogP contribution in [-0.2, 0) is 0 Å². The highest BCUT2D eigenvalue weighted by Crippen LogP contribution is 2.43. The third-order valence-corrected chi connectivity index (χ3v) is 5.34. The molecule has 5 nitrogen and oxygen atoms in total. The van der Waals surface area contributed by atoms with Gasteiger partial charge in [0.2, 0.25) is 0 Å². The molecule has 4 rings (SSSR count). The van der Waals surface area contributed by atoms with E-state index in [-0.39, 0.29) is 17.1 Å². The zero-order chi connectivity index (χ0) is 19.1. The molecule has 0 atom stereocenters. The highest BCUT2D eigenvalue weighted by Gasteiger charge is 2.20. The quantitative estimate of drug-likeness (QED) is 0.481. The van der Waals surface area contributed by atoms with Crippen molar-refractivity contribution in [2.75, 3.05) is 0 Å². The van der Waals surface area contributed by atoms with Gasteiger partial charge in [-0.25, -0.2) is 0 Å². The van der Waals surface area contributed by atoms with Gasteiger partial charge in [0, 0.05) is 16.5 Å². The Labute approximate surface area is 158 Å². The topological polar surface area (TPSA) is 97.1 Å². The largest absolute Gasteiger partial charge is 0.507 e. The minimum Gasteiger partial charge on any atom is -0.507 e. The number of rotatable bonds is 2. The predicted octanol–water partition coefficient (Wildman–Crippen LogP) is 4.51. The number of thiophene rings is 1. The predicted molar refractivity (Wildman–Crippen MR) is 106 cm³/mol. The Morgan fingerprint density at radius 3 is 2.67 bits per heavy atom. The summed E-state index contributed by atoms with van der Waals surface area (Å²) in [5.41, 5.74) is 2.66. The van der Waals surface area contributed by atoms with Gasteiger partial charge >= 0.3 is 0 Å². The van der Waals surface area contributed by atoms with Gasteiger partial charge in [-0.1, -0.05) is 24.3 Å². The van der Waals surface area contributed by atoms with Crippen molar-refractivity contribution in [2.45, 2.75) is 6.92 Å². The minimum atomic E-state index is -0.434. The molecule has 2 heterocycles. The summed E-state index contributed by atoms with van der Waals surface area (Å²) in [6.07, 6.45) is 0. The van der Waals surface area contributed by atoms with Gasteiger partial charge in [-0.3, -0.25) is 4.79 Å². The summed E-state index contributed by atoms with van der Waals surface area (Å²) in [5.74, 6) is -0.0617. The van der Waals surface area contributed by atoms with Crippen LogP contribution in [0.1, 0.15) is 11.1 Å². The summed E-state index contributed by atoms with van der Waals surface area (Å²) in [7, 11) is 0. The Morgan fingerprint density at radius 1 is 1.11 bits per heavy atom. The van der Waals surface area contributed by atoms with Gasteiger partial charge in [-0.15, -0.1) is 11.3 Å². The fraction of sp³-hybridized carbons (Fsp3) is 0.0476. The molecule has 132 valence electrons. The molecule has 4 aromatic rings. The van der Waals surface area contributed by atoms with Crippen molar-refractivity contribution in [3.05, 3.63) is 69.3 Å². The molecule has 2 aromatic carbocycles. The second-order valence-corrected chi connectivity index (χ2v) is 7.12. The van der Waals surface area contributed by atoms with Gasteiger partial charge in [-0.2, -0.15) is 5.26 Å². The highest BCUT2D eigenvalue weighted by molar-refractivity contribution is 7.17. The first-order chi connectivity index (χ1) is 13.0. The first-order valence-electron chi connectivity index (χ1n) is 8.16. The molecule has 27 heavy (non-hydrogen) atoms. The SMILES string of the molecule is Cc1ccc(-c2csc3[nH]c(=O)c(-c4cccc(C#N)c4)c(O)c23)c(O)c1. The first kappa shape index (κ1) is 16.9. The third-order valence-electron chi connectivity index (χ3n) is 4.44. The fourth-order valence-corrected chi connectivity index (χ4v) is 4.12. The molecule has 0 radical (unpaired) electrons. The molecule has 3 N–H and O–H groups in total. The van der Waals surface area contributed by atoms with Gasteiger partial charge in [-0.05, 0) is 36.2 Å². The number of nitriles is 1. The Morgan fingerprint density at radius 2 is 1.93 bits per heavy atom. The summed E-state index contributed by atoms with van der Waals surface area (Å²) >= 11 is 1.28. The monoisotopic (exact) mass is 374 g/mol. The number of phenols is 1.